The van der Waals surface area contributed by atoms with Gasteiger partial charge in [0.25, 0.3) is 17.4 Å². The molecule has 0 fully saturated rings. The van der Waals surface area contributed by atoms with E-state index >= 15 is 0 Å². The molecule has 0 aliphatic heterocycles. The molecule has 1 aromatic heterocycles. The van der Waals surface area contributed by atoms with E-state index in [1.165, 1.54) is 6.07 Å². The van der Waals surface area contributed by atoms with Crippen molar-refractivity contribution in [2.45, 2.75) is 6.18 Å². The number of nitrogens with zero attached hydrogens (tertiary/aromatic N) is 1. The Balaban J connectivity index is 1.79. The molecule has 2 aromatic rings. The molecule has 0 atom stereocenters. The molecule has 10 heteroatoms. The molecule has 1 heterocycles. The SMILES string of the molecule is O=C(NCCNC(=O)c1ccc(=O)[nH]n1)c1ccc(C(F)(F)F)cc1. The Labute approximate surface area is 139 Å². The van der Waals surface area contributed by atoms with E-state index < -0.39 is 29.1 Å². The van der Waals surface area contributed by atoms with E-state index in [4.69, 9.17) is 0 Å². The van der Waals surface area contributed by atoms with Crippen molar-refractivity contribution in [3.05, 3.63) is 63.6 Å². The quantitative estimate of drug-likeness (QED) is 0.696. The predicted octanol–water partition coefficient (Wildman–Crippen LogP) is 0.949. The number of aromatic amines is 1. The number of benzene rings is 1. The van der Waals surface area contributed by atoms with Crippen molar-refractivity contribution in [3.8, 4) is 0 Å². The van der Waals surface area contributed by atoms with Crippen molar-refractivity contribution in [2.75, 3.05) is 13.1 Å². The van der Waals surface area contributed by atoms with Crippen molar-refractivity contribution in [1.82, 2.24) is 20.8 Å². The zero-order valence-corrected chi connectivity index (χ0v) is 12.7. The number of rotatable bonds is 5. The van der Waals surface area contributed by atoms with Crippen LogP contribution in [0.25, 0.3) is 0 Å². The summed E-state index contributed by atoms with van der Waals surface area (Å²) >= 11 is 0. The van der Waals surface area contributed by atoms with E-state index in [1.54, 1.807) is 0 Å². The second-order valence-electron chi connectivity index (χ2n) is 4.89. The molecular formula is C15H13F3N4O3. The summed E-state index contributed by atoms with van der Waals surface area (Å²) in [6.07, 6.45) is -4.46. The van der Waals surface area contributed by atoms with Crippen LogP contribution < -0.4 is 16.2 Å². The summed E-state index contributed by atoms with van der Waals surface area (Å²) in [5.74, 6) is -1.11. The number of amides is 2. The van der Waals surface area contributed by atoms with Gasteiger partial charge in [-0.25, -0.2) is 5.10 Å². The molecule has 25 heavy (non-hydrogen) atoms. The lowest BCUT2D eigenvalue weighted by molar-refractivity contribution is -0.137. The molecular weight excluding hydrogens is 341 g/mol. The molecule has 0 unspecified atom stereocenters. The summed E-state index contributed by atoms with van der Waals surface area (Å²) in [5, 5.41) is 10.6. The zero-order chi connectivity index (χ0) is 18.4. The lowest BCUT2D eigenvalue weighted by atomic mass is 10.1. The second kappa shape index (κ2) is 7.60. The first kappa shape index (κ1) is 18.2. The zero-order valence-electron chi connectivity index (χ0n) is 12.7. The summed E-state index contributed by atoms with van der Waals surface area (Å²) in [7, 11) is 0. The van der Waals surface area contributed by atoms with Gasteiger partial charge in [0.05, 0.1) is 5.56 Å². The number of hydrogen-bond donors (Lipinski definition) is 3. The minimum Gasteiger partial charge on any atom is -0.350 e. The molecule has 2 rings (SSSR count). The number of H-pyrrole nitrogens is 1. The van der Waals surface area contributed by atoms with Crippen LogP contribution in [0.4, 0.5) is 13.2 Å². The fourth-order valence-corrected chi connectivity index (χ4v) is 1.83. The summed E-state index contributed by atoms with van der Waals surface area (Å²) < 4.78 is 37.3. The van der Waals surface area contributed by atoms with Crippen LogP contribution in [-0.2, 0) is 6.18 Å². The molecule has 1 aromatic carbocycles. The summed E-state index contributed by atoms with van der Waals surface area (Å²) in [5.41, 5.74) is -1.21. The fourth-order valence-electron chi connectivity index (χ4n) is 1.83. The smallest absolute Gasteiger partial charge is 0.350 e. The Morgan fingerprint density at radius 2 is 1.56 bits per heavy atom. The standard InChI is InChI=1S/C15H13F3N4O3/c16-15(17,18)10-3-1-9(2-4-10)13(24)19-7-8-20-14(25)11-5-6-12(23)22-21-11/h1-6H,7-8H2,(H,19,24)(H,20,25)(H,22,23). The Kier molecular flexibility index (Phi) is 5.52. The van der Waals surface area contributed by atoms with Crippen LogP contribution in [0, 0.1) is 0 Å². The van der Waals surface area contributed by atoms with E-state index in [9.17, 15) is 27.6 Å². The first-order valence-corrected chi connectivity index (χ1v) is 7.07. The summed E-state index contributed by atoms with van der Waals surface area (Å²) in [6, 6.07) is 6.17. The van der Waals surface area contributed by atoms with Gasteiger partial charge in [-0.2, -0.15) is 18.3 Å². The third-order valence-corrected chi connectivity index (χ3v) is 3.08. The molecule has 0 saturated heterocycles. The molecule has 132 valence electrons. The Morgan fingerprint density at radius 1 is 0.960 bits per heavy atom. The second-order valence-corrected chi connectivity index (χ2v) is 4.89. The van der Waals surface area contributed by atoms with Gasteiger partial charge in [0, 0.05) is 24.7 Å². The van der Waals surface area contributed by atoms with Gasteiger partial charge < -0.3 is 10.6 Å². The van der Waals surface area contributed by atoms with Gasteiger partial charge in [0.15, 0.2) is 0 Å². The third kappa shape index (κ3) is 5.16. The topological polar surface area (TPSA) is 104 Å². The van der Waals surface area contributed by atoms with Crippen LogP contribution in [0.5, 0.6) is 0 Å². The van der Waals surface area contributed by atoms with Crippen molar-refractivity contribution in [3.63, 3.8) is 0 Å². The molecule has 0 aliphatic carbocycles. The highest BCUT2D eigenvalue weighted by Crippen LogP contribution is 2.28. The largest absolute Gasteiger partial charge is 0.416 e. The molecule has 3 N–H and O–H groups in total. The highest BCUT2D eigenvalue weighted by molar-refractivity contribution is 5.94. The average Bonchev–Trinajstić information content (AvgIpc) is 2.58. The van der Waals surface area contributed by atoms with Gasteiger partial charge >= 0.3 is 6.18 Å². The summed E-state index contributed by atoms with van der Waals surface area (Å²) in [6.45, 7) is 0.140. The molecule has 0 radical (unpaired) electrons. The number of carbonyl (C=O) groups is 2. The lowest BCUT2D eigenvalue weighted by Crippen LogP contribution is -2.35. The number of carbonyl (C=O) groups excluding carboxylic acids is 2. The number of halogens is 3. The van der Waals surface area contributed by atoms with Crippen LogP contribution in [0.3, 0.4) is 0 Å². The molecule has 0 saturated carbocycles. The normalized spacial score (nSPS) is 11.0. The van der Waals surface area contributed by atoms with Crippen LogP contribution in [0.15, 0.2) is 41.2 Å². The van der Waals surface area contributed by atoms with Crippen molar-refractivity contribution in [2.24, 2.45) is 0 Å². The highest BCUT2D eigenvalue weighted by Gasteiger charge is 2.30. The molecule has 7 nitrogen and oxygen atoms in total. The van der Waals surface area contributed by atoms with E-state index in [0.29, 0.717) is 0 Å². The number of alkyl halides is 3. The van der Waals surface area contributed by atoms with Gasteiger partial charge in [-0.1, -0.05) is 0 Å². The van der Waals surface area contributed by atoms with E-state index in [1.807, 2.05) is 0 Å². The van der Waals surface area contributed by atoms with Crippen molar-refractivity contribution >= 4 is 11.8 Å². The summed E-state index contributed by atoms with van der Waals surface area (Å²) in [4.78, 5) is 34.3. The van der Waals surface area contributed by atoms with Crippen LogP contribution in [0.2, 0.25) is 0 Å². The minimum atomic E-state index is -4.46. The van der Waals surface area contributed by atoms with E-state index in [2.05, 4.69) is 20.8 Å². The monoisotopic (exact) mass is 354 g/mol. The number of aromatic nitrogens is 2. The maximum absolute atomic E-state index is 12.4. The first-order chi connectivity index (χ1) is 11.8. The van der Waals surface area contributed by atoms with Crippen molar-refractivity contribution in [1.29, 1.82) is 0 Å². The van der Waals surface area contributed by atoms with Gasteiger partial charge in [-0.15, -0.1) is 0 Å². The predicted molar refractivity (Wildman–Crippen MR) is 81.0 cm³/mol. The maximum Gasteiger partial charge on any atom is 0.416 e. The fraction of sp³-hybridized carbons (Fsp3) is 0.200. The van der Waals surface area contributed by atoms with Crippen LogP contribution >= 0.6 is 0 Å². The molecule has 2 amide bonds. The maximum atomic E-state index is 12.4. The van der Waals surface area contributed by atoms with Gasteiger partial charge in [0.1, 0.15) is 5.69 Å². The van der Waals surface area contributed by atoms with Crippen LogP contribution in [0.1, 0.15) is 26.4 Å². The average molecular weight is 354 g/mol. The van der Waals surface area contributed by atoms with Crippen LogP contribution in [-0.4, -0.2) is 35.1 Å². The lowest BCUT2D eigenvalue weighted by Gasteiger charge is -2.09. The third-order valence-electron chi connectivity index (χ3n) is 3.08. The Bertz CT molecular complexity index is 796. The Morgan fingerprint density at radius 3 is 2.08 bits per heavy atom. The molecule has 0 bridgehead atoms. The van der Waals surface area contributed by atoms with Gasteiger partial charge in [0.2, 0.25) is 0 Å². The highest BCUT2D eigenvalue weighted by atomic mass is 19.4. The van der Waals surface area contributed by atoms with Gasteiger partial charge in [-0.05, 0) is 30.3 Å². The van der Waals surface area contributed by atoms with Crippen molar-refractivity contribution < 1.29 is 22.8 Å². The number of nitrogens with one attached hydrogen (secondary N) is 3. The van der Waals surface area contributed by atoms with E-state index in [0.717, 1.165) is 30.3 Å². The van der Waals surface area contributed by atoms with Gasteiger partial charge in [-0.3, -0.25) is 14.4 Å². The first-order valence-electron chi connectivity index (χ1n) is 7.07. The number of hydrogen-bond acceptors (Lipinski definition) is 4. The van der Waals surface area contributed by atoms with E-state index in [-0.39, 0.29) is 24.3 Å². The minimum absolute atomic E-state index is 0.00802. The molecule has 0 aliphatic rings. The molecule has 0 spiro atoms. The Hall–Kier alpha value is -3.17.